The second-order valence-corrected chi connectivity index (χ2v) is 3.95. The van der Waals surface area contributed by atoms with Gasteiger partial charge < -0.3 is 20.5 Å². The summed E-state index contributed by atoms with van der Waals surface area (Å²) in [5.41, 5.74) is -0.619. The first kappa shape index (κ1) is 15.3. The number of hydrogen-bond acceptors (Lipinski definition) is 5. The third-order valence-corrected chi connectivity index (χ3v) is 2.39. The van der Waals surface area contributed by atoms with Gasteiger partial charge >= 0.3 is 11.9 Å². The molecule has 0 unspecified atom stereocenters. The standard InChI is InChI=1S/C11H13N3O6/c15-8-5-12-7(4-13-8)10(18)14-6(11(19)20)2-1-3-9(16)17/h4-6H,1-3H2,(H,13,15)(H,14,18)(H,16,17)(H,19,20)/t6-/m1/s1. The molecule has 0 saturated heterocycles. The molecule has 0 bridgehead atoms. The summed E-state index contributed by atoms with van der Waals surface area (Å²) in [7, 11) is 0. The van der Waals surface area contributed by atoms with Crippen LogP contribution in [0.25, 0.3) is 0 Å². The van der Waals surface area contributed by atoms with Gasteiger partial charge in [-0.05, 0) is 12.8 Å². The Hall–Kier alpha value is -2.71. The highest BCUT2D eigenvalue weighted by Crippen LogP contribution is 2.03. The fraction of sp³-hybridized carbons (Fsp3) is 0.364. The topological polar surface area (TPSA) is 149 Å². The Labute approximate surface area is 112 Å². The molecule has 0 aliphatic carbocycles. The molecule has 9 heteroatoms. The van der Waals surface area contributed by atoms with E-state index in [2.05, 4.69) is 15.3 Å². The third kappa shape index (κ3) is 4.88. The molecular formula is C11H13N3O6. The van der Waals surface area contributed by atoms with E-state index in [9.17, 15) is 19.2 Å². The van der Waals surface area contributed by atoms with Gasteiger partial charge in [-0.2, -0.15) is 0 Å². The molecule has 0 radical (unpaired) electrons. The lowest BCUT2D eigenvalue weighted by Crippen LogP contribution is -2.41. The minimum Gasteiger partial charge on any atom is -0.481 e. The quantitative estimate of drug-likeness (QED) is 0.512. The highest BCUT2D eigenvalue weighted by molar-refractivity contribution is 5.94. The number of carboxylic acid groups (broad SMARTS) is 2. The molecule has 0 aromatic carbocycles. The molecule has 1 heterocycles. The lowest BCUT2D eigenvalue weighted by atomic mass is 10.1. The van der Waals surface area contributed by atoms with E-state index in [-0.39, 0.29) is 25.0 Å². The maximum Gasteiger partial charge on any atom is 0.326 e. The molecule has 0 aliphatic heterocycles. The zero-order valence-electron chi connectivity index (χ0n) is 10.3. The number of aliphatic carboxylic acids is 2. The third-order valence-electron chi connectivity index (χ3n) is 2.39. The van der Waals surface area contributed by atoms with Crippen molar-refractivity contribution < 1.29 is 24.6 Å². The molecule has 0 fully saturated rings. The van der Waals surface area contributed by atoms with Crippen LogP contribution in [0.3, 0.4) is 0 Å². The van der Waals surface area contributed by atoms with E-state index in [1.807, 2.05) is 0 Å². The number of rotatable bonds is 7. The number of H-pyrrole nitrogens is 1. The molecular weight excluding hydrogens is 270 g/mol. The molecule has 1 rings (SSSR count). The first-order chi connectivity index (χ1) is 9.40. The molecule has 1 atom stereocenters. The molecule has 20 heavy (non-hydrogen) atoms. The number of carbonyl (C=O) groups excluding carboxylic acids is 1. The van der Waals surface area contributed by atoms with Crippen LogP contribution in [0.15, 0.2) is 17.2 Å². The van der Waals surface area contributed by atoms with E-state index in [1.165, 1.54) is 0 Å². The summed E-state index contributed by atoms with van der Waals surface area (Å²) >= 11 is 0. The Morgan fingerprint density at radius 3 is 2.55 bits per heavy atom. The van der Waals surface area contributed by atoms with Crippen LogP contribution in [0, 0.1) is 0 Å². The predicted octanol–water partition coefficient (Wildman–Crippen LogP) is -0.792. The molecule has 0 spiro atoms. The van der Waals surface area contributed by atoms with Gasteiger partial charge in [-0.15, -0.1) is 0 Å². The summed E-state index contributed by atoms with van der Waals surface area (Å²) in [4.78, 5) is 49.6. The number of aromatic nitrogens is 2. The van der Waals surface area contributed by atoms with Gasteiger partial charge in [0.1, 0.15) is 11.7 Å². The Morgan fingerprint density at radius 1 is 1.35 bits per heavy atom. The summed E-state index contributed by atoms with van der Waals surface area (Å²) in [6.45, 7) is 0. The van der Waals surface area contributed by atoms with Crippen LogP contribution >= 0.6 is 0 Å². The maximum absolute atomic E-state index is 11.7. The lowest BCUT2D eigenvalue weighted by Gasteiger charge is -2.13. The number of carbonyl (C=O) groups is 3. The van der Waals surface area contributed by atoms with Crippen molar-refractivity contribution in [3.8, 4) is 0 Å². The van der Waals surface area contributed by atoms with Gasteiger partial charge in [0, 0.05) is 12.6 Å². The number of hydrogen-bond donors (Lipinski definition) is 4. The van der Waals surface area contributed by atoms with Crippen molar-refractivity contribution in [3.63, 3.8) is 0 Å². The Bertz CT molecular complexity index is 547. The van der Waals surface area contributed by atoms with Crippen molar-refractivity contribution in [1.82, 2.24) is 15.3 Å². The van der Waals surface area contributed by atoms with Crippen molar-refractivity contribution in [3.05, 3.63) is 28.4 Å². The minimum absolute atomic E-state index is 0.0171. The van der Waals surface area contributed by atoms with E-state index in [1.54, 1.807) is 0 Å². The van der Waals surface area contributed by atoms with Crippen molar-refractivity contribution >= 4 is 17.8 Å². The SMILES string of the molecule is O=C(O)CCC[C@@H](NC(=O)c1c[nH]c(=O)cn1)C(=O)O. The lowest BCUT2D eigenvalue weighted by molar-refractivity contribution is -0.140. The first-order valence-electron chi connectivity index (χ1n) is 5.70. The Kier molecular flexibility index (Phi) is 5.39. The van der Waals surface area contributed by atoms with Gasteiger partial charge in [0.2, 0.25) is 0 Å². The zero-order chi connectivity index (χ0) is 15.1. The van der Waals surface area contributed by atoms with Gasteiger partial charge in [0.05, 0.1) is 6.20 Å². The average molecular weight is 283 g/mol. The van der Waals surface area contributed by atoms with E-state index in [4.69, 9.17) is 10.2 Å². The molecule has 9 nitrogen and oxygen atoms in total. The molecule has 1 amide bonds. The minimum atomic E-state index is -1.27. The molecule has 1 aromatic rings. The van der Waals surface area contributed by atoms with Gasteiger partial charge in [-0.3, -0.25) is 14.4 Å². The van der Waals surface area contributed by atoms with Crippen molar-refractivity contribution in [2.24, 2.45) is 0 Å². The van der Waals surface area contributed by atoms with Crippen LogP contribution in [0.1, 0.15) is 29.8 Å². The van der Waals surface area contributed by atoms with Gasteiger partial charge in [-0.1, -0.05) is 0 Å². The second kappa shape index (κ2) is 7.02. The first-order valence-corrected chi connectivity index (χ1v) is 5.70. The predicted molar refractivity (Wildman–Crippen MR) is 65.2 cm³/mol. The monoisotopic (exact) mass is 283 g/mol. The van der Waals surface area contributed by atoms with Gasteiger partial charge in [0.25, 0.3) is 11.5 Å². The summed E-state index contributed by atoms with van der Waals surface area (Å²) < 4.78 is 0. The van der Waals surface area contributed by atoms with Gasteiger partial charge in [0.15, 0.2) is 0 Å². The Balaban J connectivity index is 2.63. The van der Waals surface area contributed by atoms with Crippen LogP contribution in [0.5, 0.6) is 0 Å². The van der Waals surface area contributed by atoms with E-state index >= 15 is 0 Å². The summed E-state index contributed by atoms with van der Waals surface area (Å²) in [6, 6.07) is -1.21. The maximum atomic E-state index is 11.7. The summed E-state index contributed by atoms with van der Waals surface area (Å²) in [5, 5.41) is 19.6. The fourth-order valence-corrected chi connectivity index (χ4v) is 1.41. The average Bonchev–Trinajstić information content (AvgIpc) is 2.37. The Morgan fingerprint density at radius 2 is 2.05 bits per heavy atom. The van der Waals surface area contributed by atoms with Crippen LogP contribution in [0.4, 0.5) is 0 Å². The van der Waals surface area contributed by atoms with Crippen LogP contribution < -0.4 is 10.9 Å². The van der Waals surface area contributed by atoms with Crippen LogP contribution in [-0.2, 0) is 9.59 Å². The smallest absolute Gasteiger partial charge is 0.326 e. The molecule has 0 saturated carbocycles. The highest BCUT2D eigenvalue weighted by Gasteiger charge is 2.21. The van der Waals surface area contributed by atoms with Crippen molar-refractivity contribution in [2.45, 2.75) is 25.3 Å². The van der Waals surface area contributed by atoms with E-state index in [0.717, 1.165) is 12.4 Å². The molecule has 4 N–H and O–H groups in total. The van der Waals surface area contributed by atoms with Crippen LogP contribution in [-0.4, -0.2) is 44.1 Å². The highest BCUT2D eigenvalue weighted by atomic mass is 16.4. The largest absolute Gasteiger partial charge is 0.481 e. The van der Waals surface area contributed by atoms with E-state index in [0.29, 0.717) is 0 Å². The summed E-state index contributed by atoms with van der Waals surface area (Å²) in [6.07, 6.45) is 1.88. The zero-order valence-corrected chi connectivity index (χ0v) is 10.3. The molecule has 0 aliphatic rings. The van der Waals surface area contributed by atoms with Crippen molar-refractivity contribution in [2.75, 3.05) is 0 Å². The van der Waals surface area contributed by atoms with Crippen LogP contribution in [0.2, 0.25) is 0 Å². The number of nitrogens with one attached hydrogen (secondary N) is 2. The van der Waals surface area contributed by atoms with Crippen molar-refractivity contribution in [1.29, 1.82) is 0 Å². The second-order valence-electron chi connectivity index (χ2n) is 3.95. The molecule has 1 aromatic heterocycles. The normalized spacial score (nSPS) is 11.6. The summed E-state index contributed by atoms with van der Waals surface area (Å²) in [5.74, 6) is -3.07. The molecule has 108 valence electrons. The number of amides is 1. The number of aromatic amines is 1. The fourth-order valence-electron chi connectivity index (χ4n) is 1.41. The van der Waals surface area contributed by atoms with Gasteiger partial charge in [-0.25, -0.2) is 9.78 Å². The number of carboxylic acids is 2. The number of nitrogens with zero attached hydrogens (tertiary/aromatic N) is 1. The van der Waals surface area contributed by atoms with E-state index < -0.39 is 29.4 Å².